The molecule has 1 aromatic heterocycles. The fraction of sp³-hybridized carbons (Fsp3) is 0.353. The number of rotatable bonds is 7. The average molecular weight is 349 g/mol. The predicted octanol–water partition coefficient (Wildman–Crippen LogP) is 4.23. The van der Waals surface area contributed by atoms with Crippen molar-refractivity contribution in [2.45, 2.75) is 33.4 Å². The van der Waals surface area contributed by atoms with E-state index in [2.05, 4.69) is 52.2 Å². The second-order valence-corrected chi connectivity index (χ2v) is 5.89. The molecule has 0 amide bonds. The third-order valence-electron chi connectivity index (χ3n) is 3.21. The van der Waals surface area contributed by atoms with Gasteiger partial charge in [-0.15, -0.1) is 0 Å². The number of hydrogen-bond acceptors (Lipinski definition) is 3. The van der Waals surface area contributed by atoms with Crippen LogP contribution in [-0.2, 0) is 13.1 Å². The van der Waals surface area contributed by atoms with E-state index in [1.165, 1.54) is 5.56 Å². The Labute approximate surface area is 134 Å². The van der Waals surface area contributed by atoms with Gasteiger partial charge in [0.15, 0.2) is 0 Å². The topological polar surface area (TPSA) is 34.1 Å². The van der Waals surface area contributed by atoms with Gasteiger partial charge >= 0.3 is 0 Å². The van der Waals surface area contributed by atoms with Crippen molar-refractivity contribution in [1.29, 1.82) is 0 Å². The van der Waals surface area contributed by atoms with Crippen molar-refractivity contribution in [2.24, 2.45) is 0 Å². The van der Waals surface area contributed by atoms with Crippen LogP contribution in [0.15, 0.2) is 41.0 Å². The Hall–Kier alpha value is -1.39. The summed E-state index contributed by atoms with van der Waals surface area (Å²) in [6.45, 7) is 6.45. The van der Waals surface area contributed by atoms with E-state index in [0.717, 1.165) is 47.6 Å². The molecule has 0 bridgehead atoms. The van der Waals surface area contributed by atoms with Crippen LogP contribution in [0.1, 0.15) is 30.2 Å². The van der Waals surface area contributed by atoms with E-state index >= 15 is 0 Å². The summed E-state index contributed by atoms with van der Waals surface area (Å²) in [5, 5.41) is 3.44. The highest BCUT2D eigenvalue weighted by Crippen LogP contribution is 2.23. The first-order valence-corrected chi connectivity index (χ1v) is 8.02. The minimum atomic E-state index is 0.744. The number of nitrogens with one attached hydrogen (secondary N) is 1. The molecular weight excluding hydrogens is 328 g/mol. The van der Waals surface area contributed by atoms with Gasteiger partial charge in [-0.3, -0.25) is 4.98 Å². The number of aryl methyl sites for hydroxylation is 1. The number of aromatic nitrogens is 1. The van der Waals surface area contributed by atoms with Gasteiger partial charge in [0.1, 0.15) is 5.75 Å². The zero-order valence-corrected chi connectivity index (χ0v) is 14.1. The van der Waals surface area contributed by atoms with E-state index in [1.54, 1.807) is 0 Å². The lowest BCUT2D eigenvalue weighted by Crippen LogP contribution is -2.15. The minimum absolute atomic E-state index is 0.744. The van der Waals surface area contributed by atoms with Crippen molar-refractivity contribution in [3.05, 3.63) is 57.8 Å². The molecule has 0 aliphatic rings. The molecule has 21 heavy (non-hydrogen) atoms. The number of hydrogen-bond donors (Lipinski definition) is 1. The molecule has 0 aliphatic heterocycles. The molecule has 0 atom stereocenters. The van der Waals surface area contributed by atoms with Crippen molar-refractivity contribution in [2.75, 3.05) is 6.61 Å². The van der Waals surface area contributed by atoms with Crippen LogP contribution >= 0.6 is 15.9 Å². The first-order chi connectivity index (χ1) is 10.2. The van der Waals surface area contributed by atoms with Gasteiger partial charge in [-0.05, 0) is 43.2 Å². The van der Waals surface area contributed by atoms with E-state index in [-0.39, 0.29) is 0 Å². The van der Waals surface area contributed by atoms with Crippen LogP contribution in [0, 0.1) is 6.92 Å². The van der Waals surface area contributed by atoms with Gasteiger partial charge in [-0.25, -0.2) is 0 Å². The summed E-state index contributed by atoms with van der Waals surface area (Å²) in [7, 11) is 0. The van der Waals surface area contributed by atoms with Gasteiger partial charge in [-0.1, -0.05) is 28.9 Å². The van der Waals surface area contributed by atoms with E-state index in [9.17, 15) is 0 Å². The third-order valence-corrected chi connectivity index (χ3v) is 3.70. The second-order valence-electron chi connectivity index (χ2n) is 4.97. The summed E-state index contributed by atoms with van der Waals surface area (Å²) in [5.74, 6) is 0.949. The van der Waals surface area contributed by atoms with Crippen LogP contribution in [0.3, 0.4) is 0 Å². The summed E-state index contributed by atoms with van der Waals surface area (Å²) in [6, 6.07) is 10.2. The van der Waals surface area contributed by atoms with Gasteiger partial charge in [-0.2, -0.15) is 0 Å². The molecule has 0 radical (unpaired) electrons. The Bertz CT molecular complexity index is 587. The van der Waals surface area contributed by atoms with Crippen LogP contribution in [0.5, 0.6) is 5.75 Å². The first kappa shape index (κ1) is 16.0. The maximum absolute atomic E-state index is 5.79. The molecule has 0 saturated carbocycles. The maximum Gasteiger partial charge on any atom is 0.123 e. The van der Waals surface area contributed by atoms with E-state index in [0.29, 0.717) is 0 Å². The number of benzene rings is 1. The quantitative estimate of drug-likeness (QED) is 0.812. The lowest BCUT2D eigenvalue weighted by atomic mass is 10.2. The van der Waals surface area contributed by atoms with Crippen LogP contribution in [0.25, 0.3) is 0 Å². The Balaban J connectivity index is 1.99. The fourth-order valence-corrected chi connectivity index (χ4v) is 2.47. The Kier molecular flexibility index (Phi) is 6.21. The lowest BCUT2D eigenvalue weighted by Gasteiger charge is -2.12. The Morgan fingerprint density at radius 1 is 1.24 bits per heavy atom. The molecule has 0 fully saturated rings. The molecule has 1 heterocycles. The highest BCUT2D eigenvalue weighted by Gasteiger charge is 2.05. The van der Waals surface area contributed by atoms with Crippen molar-refractivity contribution >= 4 is 15.9 Å². The fourth-order valence-electron chi connectivity index (χ4n) is 2.06. The molecule has 0 unspecified atom stereocenters. The molecule has 0 saturated heterocycles. The van der Waals surface area contributed by atoms with Gasteiger partial charge in [0.05, 0.1) is 12.3 Å². The molecule has 1 N–H and O–H groups in total. The number of ether oxygens (including phenoxy) is 1. The smallest absolute Gasteiger partial charge is 0.123 e. The van der Waals surface area contributed by atoms with E-state index < -0.39 is 0 Å². The zero-order chi connectivity index (χ0) is 15.1. The monoisotopic (exact) mass is 348 g/mol. The maximum atomic E-state index is 5.79. The van der Waals surface area contributed by atoms with Crippen LogP contribution in [0.2, 0.25) is 0 Å². The third kappa shape index (κ3) is 4.83. The predicted molar refractivity (Wildman–Crippen MR) is 89.4 cm³/mol. The largest absolute Gasteiger partial charge is 0.493 e. The van der Waals surface area contributed by atoms with Crippen LogP contribution in [-0.4, -0.2) is 11.6 Å². The Morgan fingerprint density at radius 3 is 2.86 bits per heavy atom. The molecule has 4 heteroatoms. The van der Waals surface area contributed by atoms with Gasteiger partial charge < -0.3 is 10.1 Å². The summed E-state index contributed by atoms with van der Waals surface area (Å²) >= 11 is 3.52. The summed E-state index contributed by atoms with van der Waals surface area (Å²) in [4.78, 5) is 4.40. The standard InChI is InChI=1S/C17H21BrN2O/c1-3-9-21-17-7-6-15(18)10-14(17)11-19-12-16-13(2)5-4-8-20-16/h4-8,10,19H,3,9,11-12H2,1-2H3. The van der Waals surface area contributed by atoms with Crippen LogP contribution in [0.4, 0.5) is 0 Å². The summed E-state index contributed by atoms with van der Waals surface area (Å²) in [5.41, 5.74) is 3.46. The normalized spacial score (nSPS) is 10.6. The van der Waals surface area contributed by atoms with Crippen molar-refractivity contribution in [3.63, 3.8) is 0 Å². The first-order valence-electron chi connectivity index (χ1n) is 7.23. The molecule has 3 nitrogen and oxygen atoms in total. The highest BCUT2D eigenvalue weighted by atomic mass is 79.9. The van der Waals surface area contributed by atoms with E-state index in [1.807, 2.05) is 24.4 Å². The second kappa shape index (κ2) is 8.15. The SMILES string of the molecule is CCCOc1ccc(Br)cc1CNCc1ncccc1C. The molecule has 0 aliphatic carbocycles. The molecular formula is C17H21BrN2O. The summed E-state index contributed by atoms with van der Waals surface area (Å²) in [6.07, 6.45) is 2.84. The molecule has 2 aromatic rings. The van der Waals surface area contributed by atoms with Gasteiger partial charge in [0.25, 0.3) is 0 Å². The van der Waals surface area contributed by atoms with E-state index in [4.69, 9.17) is 4.74 Å². The highest BCUT2D eigenvalue weighted by molar-refractivity contribution is 9.10. The molecule has 112 valence electrons. The minimum Gasteiger partial charge on any atom is -0.493 e. The van der Waals surface area contributed by atoms with Crippen molar-refractivity contribution in [3.8, 4) is 5.75 Å². The molecule has 1 aromatic carbocycles. The lowest BCUT2D eigenvalue weighted by molar-refractivity contribution is 0.313. The van der Waals surface area contributed by atoms with Crippen LogP contribution < -0.4 is 10.1 Å². The molecule has 0 spiro atoms. The zero-order valence-electron chi connectivity index (χ0n) is 12.5. The number of pyridine rings is 1. The molecule has 2 rings (SSSR count). The number of nitrogens with zero attached hydrogens (tertiary/aromatic N) is 1. The average Bonchev–Trinajstić information content (AvgIpc) is 2.48. The van der Waals surface area contributed by atoms with Crippen molar-refractivity contribution < 1.29 is 4.74 Å². The van der Waals surface area contributed by atoms with Crippen molar-refractivity contribution in [1.82, 2.24) is 10.3 Å². The van der Waals surface area contributed by atoms with Gasteiger partial charge in [0.2, 0.25) is 0 Å². The van der Waals surface area contributed by atoms with Gasteiger partial charge in [0, 0.05) is 29.3 Å². The Morgan fingerprint density at radius 2 is 2.10 bits per heavy atom. The number of halogens is 1. The summed E-state index contributed by atoms with van der Waals surface area (Å²) < 4.78 is 6.86.